The highest BCUT2D eigenvalue weighted by Gasteiger charge is 2.25. The first-order chi connectivity index (χ1) is 7.49. The van der Waals surface area contributed by atoms with Gasteiger partial charge in [0.25, 0.3) is 0 Å². The topological polar surface area (TPSA) is 64.4 Å². The van der Waals surface area contributed by atoms with E-state index in [0.717, 1.165) is 19.6 Å². The minimum Gasteiger partial charge on any atom is -0.299 e. The molecule has 16 heavy (non-hydrogen) atoms. The Kier molecular flexibility index (Phi) is 4.71. The van der Waals surface area contributed by atoms with E-state index in [2.05, 4.69) is 11.0 Å². The normalized spacial score (nSPS) is 21.6. The Bertz CT molecular complexity index is 353. The maximum atomic E-state index is 11.6. The summed E-state index contributed by atoms with van der Waals surface area (Å²) in [5, 5.41) is 8.70. The molecule has 1 heterocycles. The summed E-state index contributed by atoms with van der Waals surface area (Å²) in [6, 6.07) is 2.19. The lowest BCUT2D eigenvalue weighted by atomic mass is 10.2. The number of piperazine rings is 1. The van der Waals surface area contributed by atoms with Gasteiger partial charge in [0.2, 0.25) is 10.0 Å². The molecule has 0 aromatic carbocycles. The van der Waals surface area contributed by atoms with Crippen molar-refractivity contribution in [1.82, 2.24) is 9.21 Å². The maximum absolute atomic E-state index is 11.6. The number of nitriles is 1. The monoisotopic (exact) mass is 245 g/mol. The minimum absolute atomic E-state index is 0.00864. The third-order valence-corrected chi connectivity index (χ3v) is 4.72. The molecule has 1 aliphatic heterocycles. The van der Waals surface area contributed by atoms with Gasteiger partial charge < -0.3 is 0 Å². The third kappa shape index (κ3) is 3.44. The van der Waals surface area contributed by atoms with Crippen LogP contribution in [-0.4, -0.2) is 56.1 Å². The van der Waals surface area contributed by atoms with Crippen LogP contribution in [0.3, 0.4) is 0 Å². The molecule has 0 bridgehead atoms. The van der Waals surface area contributed by atoms with Gasteiger partial charge >= 0.3 is 0 Å². The van der Waals surface area contributed by atoms with Crippen LogP contribution in [0.25, 0.3) is 0 Å². The molecule has 1 saturated heterocycles. The van der Waals surface area contributed by atoms with Gasteiger partial charge in [-0.25, -0.2) is 8.42 Å². The SMILES string of the molecule is CCS(=O)(=O)N1CCN(CC(C)C#N)CC1. The van der Waals surface area contributed by atoms with Crippen molar-refractivity contribution >= 4 is 10.0 Å². The molecule has 92 valence electrons. The molecule has 1 rings (SSSR count). The molecule has 0 spiro atoms. The molecule has 0 saturated carbocycles. The van der Waals surface area contributed by atoms with Gasteiger partial charge in [-0.05, 0) is 13.8 Å². The number of sulfonamides is 1. The van der Waals surface area contributed by atoms with E-state index in [9.17, 15) is 8.42 Å². The molecule has 0 aromatic heterocycles. The maximum Gasteiger partial charge on any atom is 0.213 e. The average Bonchev–Trinajstić information content (AvgIpc) is 2.29. The van der Waals surface area contributed by atoms with Gasteiger partial charge in [0.15, 0.2) is 0 Å². The van der Waals surface area contributed by atoms with Crippen LogP contribution in [0.1, 0.15) is 13.8 Å². The summed E-state index contributed by atoms with van der Waals surface area (Å²) in [6.07, 6.45) is 0. The van der Waals surface area contributed by atoms with Gasteiger partial charge in [0, 0.05) is 32.7 Å². The lowest BCUT2D eigenvalue weighted by Gasteiger charge is -2.34. The largest absolute Gasteiger partial charge is 0.299 e. The van der Waals surface area contributed by atoms with Gasteiger partial charge in [-0.2, -0.15) is 9.57 Å². The first-order valence-electron chi connectivity index (χ1n) is 5.59. The van der Waals surface area contributed by atoms with Crippen LogP contribution in [0.5, 0.6) is 0 Å². The molecular formula is C10H19N3O2S. The van der Waals surface area contributed by atoms with Crippen LogP contribution < -0.4 is 0 Å². The van der Waals surface area contributed by atoms with Gasteiger partial charge in [-0.15, -0.1) is 0 Å². The Balaban J connectivity index is 2.44. The minimum atomic E-state index is -3.04. The molecule has 0 aromatic rings. The number of nitrogens with zero attached hydrogens (tertiary/aromatic N) is 3. The second-order valence-corrected chi connectivity index (χ2v) is 6.39. The van der Waals surface area contributed by atoms with Gasteiger partial charge in [0.1, 0.15) is 0 Å². The highest BCUT2D eigenvalue weighted by molar-refractivity contribution is 7.89. The van der Waals surface area contributed by atoms with Crippen molar-refractivity contribution < 1.29 is 8.42 Å². The Labute approximate surface area is 97.7 Å². The zero-order chi connectivity index (χ0) is 12.2. The zero-order valence-corrected chi connectivity index (χ0v) is 10.7. The van der Waals surface area contributed by atoms with E-state index in [1.807, 2.05) is 6.92 Å². The first-order valence-corrected chi connectivity index (χ1v) is 7.20. The summed E-state index contributed by atoms with van der Waals surface area (Å²) in [5.41, 5.74) is 0. The lowest BCUT2D eigenvalue weighted by Crippen LogP contribution is -2.49. The molecule has 0 amide bonds. The lowest BCUT2D eigenvalue weighted by molar-refractivity contribution is 0.178. The molecule has 1 aliphatic rings. The summed E-state index contributed by atoms with van der Waals surface area (Å²) < 4.78 is 24.7. The van der Waals surface area contributed by atoms with Crippen LogP contribution >= 0.6 is 0 Å². The van der Waals surface area contributed by atoms with Gasteiger partial charge in [-0.3, -0.25) is 4.90 Å². The van der Waals surface area contributed by atoms with Crippen LogP contribution in [0, 0.1) is 17.2 Å². The summed E-state index contributed by atoms with van der Waals surface area (Å²) in [6.45, 7) is 6.84. The summed E-state index contributed by atoms with van der Waals surface area (Å²) in [7, 11) is -3.04. The summed E-state index contributed by atoms with van der Waals surface area (Å²) in [4.78, 5) is 2.15. The third-order valence-electron chi connectivity index (χ3n) is 2.84. The van der Waals surface area contributed by atoms with Crippen molar-refractivity contribution in [2.24, 2.45) is 5.92 Å². The Morgan fingerprint density at radius 3 is 2.31 bits per heavy atom. The number of hydrogen-bond donors (Lipinski definition) is 0. The predicted octanol–water partition coefficient (Wildman–Crippen LogP) is 0.113. The molecule has 1 unspecified atom stereocenters. The number of hydrogen-bond acceptors (Lipinski definition) is 4. The molecule has 5 nitrogen and oxygen atoms in total. The smallest absolute Gasteiger partial charge is 0.213 e. The van der Waals surface area contributed by atoms with E-state index in [-0.39, 0.29) is 11.7 Å². The zero-order valence-electron chi connectivity index (χ0n) is 9.89. The molecule has 0 radical (unpaired) electrons. The van der Waals surface area contributed by atoms with Crippen molar-refractivity contribution in [3.63, 3.8) is 0 Å². The van der Waals surface area contributed by atoms with Crippen molar-refractivity contribution in [1.29, 1.82) is 5.26 Å². The second-order valence-electron chi connectivity index (χ2n) is 4.13. The van der Waals surface area contributed by atoms with Crippen molar-refractivity contribution in [2.75, 3.05) is 38.5 Å². The summed E-state index contributed by atoms with van der Waals surface area (Å²) >= 11 is 0. The Hall–Kier alpha value is -0.640. The molecular weight excluding hydrogens is 226 g/mol. The second kappa shape index (κ2) is 5.62. The van der Waals surface area contributed by atoms with E-state index in [1.165, 1.54) is 0 Å². The molecule has 0 N–H and O–H groups in total. The van der Waals surface area contributed by atoms with E-state index >= 15 is 0 Å². The van der Waals surface area contributed by atoms with E-state index < -0.39 is 10.0 Å². The molecule has 0 aliphatic carbocycles. The van der Waals surface area contributed by atoms with Crippen LogP contribution in [0.2, 0.25) is 0 Å². The Morgan fingerprint density at radius 1 is 1.31 bits per heavy atom. The highest BCUT2D eigenvalue weighted by atomic mass is 32.2. The molecule has 1 fully saturated rings. The fourth-order valence-corrected chi connectivity index (χ4v) is 2.89. The van der Waals surface area contributed by atoms with Crippen LogP contribution in [-0.2, 0) is 10.0 Å². The van der Waals surface area contributed by atoms with Crippen molar-refractivity contribution in [3.05, 3.63) is 0 Å². The van der Waals surface area contributed by atoms with Crippen LogP contribution in [0.4, 0.5) is 0 Å². The van der Waals surface area contributed by atoms with E-state index in [1.54, 1.807) is 11.2 Å². The van der Waals surface area contributed by atoms with Crippen LogP contribution in [0.15, 0.2) is 0 Å². The highest BCUT2D eigenvalue weighted by Crippen LogP contribution is 2.09. The van der Waals surface area contributed by atoms with Crippen molar-refractivity contribution in [2.45, 2.75) is 13.8 Å². The first kappa shape index (κ1) is 13.4. The quantitative estimate of drug-likeness (QED) is 0.705. The fraction of sp³-hybridized carbons (Fsp3) is 0.900. The summed E-state index contributed by atoms with van der Waals surface area (Å²) in [5.74, 6) is 0.177. The van der Waals surface area contributed by atoms with Gasteiger partial charge in [0.05, 0.1) is 17.7 Å². The molecule has 1 atom stereocenters. The van der Waals surface area contributed by atoms with E-state index in [4.69, 9.17) is 5.26 Å². The van der Waals surface area contributed by atoms with E-state index in [0.29, 0.717) is 13.1 Å². The number of rotatable bonds is 4. The molecule has 6 heteroatoms. The van der Waals surface area contributed by atoms with Crippen molar-refractivity contribution in [3.8, 4) is 6.07 Å². The van der Waals surface area contributed by atoms with Gasteiger partial charge in [-0.1, -0.05) is 0 Å². The standard InChI is InChI=1S/C10H19N3O2S/c1-3-16(14,15)13-6-4-12(5-7-13)9-10(2)8-11/h10H,3-7,9H2,1-2H3. The Morgan fingerprint density at radius 2 is 1.88 bits per heavy atom. The fourth-order valence-electron chi connectivity index (χ4n) is 1.80. The average molecular weight is 245 g/mol. The predicted molar refractivity (Wildman–Crippen MR) is 62.3 cm³/mol.